The van der Waals surface area contributed by atoms with E-state index in [4.69, 9.17) is 16.7 Å². The fourth-order valence-corrected chi connectivity index (χ4v) is 2.86. The van der Waals surface area contributed by atoms with E-state index in [-0.39, 0.29) is 0 Å². The minimum atomic E-state index is -0.960. The summed E-state index contributed by atoms with van der Waals surface area (Å²) in [5.41, 5.74) is 1.77. The number of hydrogen-bond donors (Lipinski definition) is 1. The molecule has 1 aromatic rings. The highest BCUT2D eigenvalue weighted by atomic mass is 35.5. The molecule has 4 nitrogen and oxygen atoms in total. The predicted molar refractivity (Wildman–Crippen MR) is 87.1 cm³/mol. The third-order valence-corrected chi connectivity index (χ3v) is 4.05. The molecule has 1 fully saturated rings. The van der Waals surface area contributed by atoms with Crippen LogP contribution in [0.1, 0.15) is 18.4 Å². The van der Waals surface area contributed by atoms with Crippen LogP contribution in [0.25, 0.3) is 6.08 Å². The first-order valence-electron chi connectivity index (χ1n) is 7.20. The van der Waals surface area contributed by atoms with Crippen LogP contribution < -0.4 is 4.90 Å². The van der Waals surface area contributed by atoms with Crippen molar-refractivity contribution in [1.82, 2.24) is 4.90 Å². The van der Waals surface area contributed by atoms with Gasteiger partial charge in [-0.3, -0.25) is 0 Å². The van der Waals surface area contributed by atoms with Gasteiger partial charge < -0.3 is 14.9 Å². The number of halogens is 1. The molecule has 1 N–H and O–H groups in total. The number of benzene rings is 1. The van der Waals surface area contributed by atoms with Crippen LogP contribution in [0.3, 0.4) is 0 Å². The van der Waals surface area contributed by atoms with Gasteiger partial charge in [0.05, 0.1) is 10.7 Å². The second-order valence-electron chi connectivity index (χ2n) is 5.35. The molecule has 0 radical (unpaired) electrons. The molecule has 1 aliphatic heterocycles. The van der Waals surface area contributed by atoms with Gasteiger partial charge in [-0.05, 0) is 49.7 Å². The Morgan fingerprint density at radius 2 is 2.14 bits per heavy atom. The highest BCUT2D eigenvalue weighted by molar-refractivity contribution is 6.33. The van der Waals surface area contributed by atoms with E-state index in [1.54, 1.807) is 12.1 Å². The van der Waals surface area contributed by atoms with Crippen LogP contribution in [-0.4, -0.2) is 49.2 Å². The summed E-state index contributed by atoms with van der Waals surface area (Å²) in [6, 6.07) is 5.61. The molecule has 114 valence electrons. The van der Waals surface area contributed by atoms with Crippen molar-refractivity contribution in [3.63, 3.8) is 0 Å². The molecule has 0 spiro atoms. The topological polar surface area (TPSA) is 43.8 Å². The lowest BCUT2D eigenvalue weighted by molar-refractivity contribution is -0.131. The number of nitrogens with zero attached hydrogens (tertiary/aromatic N) is 2. The molecule has 21 heavy (non-hydrogen) atoms. The van der Waals surface area contributed by atoms with Crippen LogP contribution in [-0.2, 0) is 4.79 Å². The SMILES string of the molecule is CN(CCN1CCCC1)c1ccc(/C=C/C(=O)O)cc1Cl. The smallest absolute Gasteiger partial charge is 0.328 e. The molecule has 0 unspecified atom stereocenters. The Hall–Kier alpha value is -1.52. The summed E-state index contributed by atoms with van der Waals surface area (Å²) in [6.07, 6.45) is 5.26. The van der Waals surface area contributed by atoms with Gasteiger partial charge in [-0.25, -0.2) is 4.79 Å². The number of hydrogen-bond acceptors (Lipinski definition) is 3. The first-order chi connectivity index (χ1) is 10.1. The van der Waals surface area contributed by atoms with Crippen molar-refractivity contribution < 1.29 is 9.90 Å². The van der Waals surface area contributed by atoms with Gasteiger partial charge in [0.25, 0.3) is 0 Å². The van der Waals surface area contributed by atoms with Crippen molar-refractivity contribution in [3.8, 4) is 0 Å². The van der Waals surface area contributed by atoms with Gasteiger partial charge in [0.1, 0.15) is 0 Å². The van der Waals surface area contributed by atoms with E-state index in [9.17, 15) is 4.79 Å². The number of carboxylic acid groups (broad SMARTS) is 1. The predicted octanol–water partition coefficient (Wildman–Crippen LogP) is 2.97. The maximum atomic E-state index is 10.5. The Balaban J connectivity index is 1.96. The number of likely N-dealkylation sites (N-methyl/N-ethyl adjacent to an activating group) is 1. The second-order valence-corrected chi connectivity index (χ2v) is 5.76. The zero-order valence-corrected chi connectivity index (χ0v) is 13.0. The molecule has 0 atom stereocenters. The van der Waals surface area contributed by atoms with Crippen molar-refractivity contribution >= 4 is 29.3 Å². The summed E-state index contributed by atoms with van der Waals surface area (Å²) in [4.78, 5) is 15.1. The summed E-state index contributed by atoms with van der Waals surface area (Å²) >= 11 is 6.30. The lowest BCUT2D eigenvalue weighted by Gasteiger charge is -2.24. The van der Waals surface area contributed by atoms with E-state index in [2.05, 4.69) is 9.80 Å². The van der Waals surface area contributed by atoms with Gasteiger partial charge in [-0.2, -0.15) is 0 Å². The lowest BCUT2D eigenvalue weighted by atomic mass is 10.2. The Labute approximate surface area is 130 Å². The maximum Gasteiger partial charge on any atom is 0.328 e. The average Bonchev–Trinajstić information content (AvgIpc) is 2.96. The van der Waals surface area contributed by atoms with Crippen molar-refractivity contribution in [2.75, 3.05) is 38.1 Å². The second kappa shape index (κ2) is 7.48. The Morgan fingerprint density at radius 1 is 1.43 bits per heavy atom. The summed E-state index contributed by atoms with van der Waals surface area (Å²) in [6.45, 7) is 4.37. The van der Waals surface area contributed by atoms with E-state index in [0.717, 1.165) is 30.4 Å². The minimum Gasteiger partial charge on any atom is -0.478 e. The van der Waals surface area contributed by atoms with Gasteiger partial charge >= 0.3 is 5.97 Å². The molecular formula is C16H21ClN2O2. The van der Waals surface area contributed by atoms with Crippen molar-refractivity contribution in [2.45, 2.75) is 12.8 Å². The van der Waals surface area contributed by atoms with Gasteiger partial charge in [-0.1, -0.05) is 17.7 Å². The summed E-state index contributed by atoms with van der Waals surface area (Å²) in [7, 11) is 2.03. The van der Waals surface area contributed by atoms with Gasteiger partial charge in [0, 0.05) is 26.2 Å². The molecule has 0 aromatic heterocycles. The minimum absolute atomic E-state index is 0.645. The Bertz CT molecular complexity index is 525. The van der Waals surface area contributed by atoms with Gasteiger partial charge in [0.15, 0.2) is 0 Å². The monoisotopic (exact) mass is 308 g/mol. The number of anilines is 1. The van der Waals surface area contributed by atoms with Crippen LogP contribution in [0.2, 0.25) is 5.02 Å². The molecule has 0 bridgehead atoms. The molecule has 1 aromatic carbocycles. The maximum absolute atomic E-state index is 10.5. The Morgan fingerprint density at radius 3 is 2.76 bits per heavy atom. The summed E-state index contributed by atoms with van der Waals surface area (Å²) in [5, 5.41) is 9.27. The molecule has 1 heterocycles. The van der Waals surface area contributed by atoms with Crippen LogP contribution in [0.5, 0.6) is 0 Å². The number of rotatable bonds is 6. The summed E-state index contributed by atoms with van der Waals surface area (Å²) < 4.78 is 0. The summed E-state index contributed by atoms with van der Waals surface area (Å²) in [5.74, 6) is -0.960. The van der Waals surface area contributed by atoms with E-state index < -0.39 is 5.97 Å². The highest BCUT2D eigenvalue weighted by Gasteiger charge is 2.13. The molecule has 1 aliphatic rings. The molecule has 0 aliphatic carbocycles. The van der Waals surface area contributed by atoms with Crippen LogP contribution in [0.4, 0.5) is 5.69 Å². The molecule has 0 amide bonds. The van der Waals surface area contributed by atoms with Crippen LogP contribution in [0, 0.1) is 0 Å². The Kier molecular flexibility index (Phi) is 5.65. The fraction of sp³-hybridized carbons (Fsp3) is 0.438. The lowest BCUT2D eigenvalue weighted by Crippen LogP contribution is -2.31. The van der Waals surface area contributed by atoms with E-state index in [0.29, 0.717) is 5.02 Å². The first-order valence-corrected chi connectivity index (χ1v) is 7.58. The number of carbonyl (C=O) groups is 1. The standard InChI is InChI=1S/C16H21ClN2O2/c1-18(10-11-19-8-2-3-9-19)15-6-4-13(12-14(15)17)5-7-16(20)21/h4-7,12H,2-3,8-11H2,1H3,(H,20,21)/b7-5+. The van der Waals surface area contributed by atoms with E-state index in [1.807, 2.05) is 19.2 Å². The fourth-order valence-electron chi connectivity index (χ4n) is 2.52. The normalized spacial score (nSPS) is 15.7. The number of likely N-dealkylation sites (tertiary alicyclic amines) is 1. The zero-order chi connectivity index (χ0) is 15.2. The zero-order valence-electron chi connectivity index (χ0n) is 12.3. The molecule has 5 heteroatoms. The molecule has 1 saturated heterocycles. The van der Waals surface area contributed by atoms with Crippen molar-refractivity contribution in [3.05, 3.63) is 34.9 Å². The largest absolute Gasteiger partial charge is 0.478 e. The van der Waals surface area contributed by atoms with Crippen molar-refractivity contribution in [1.29, 1.82) is 0 Å². The number of carboxylic acids is 1. The molecular weight excluding hydrogens is 288 g/mol. The highest BCUT2D eigenvalue weighted by Crippen LogP contribution is 2.26. The molecule has 2 rings (SSSR count). The van der Waals surface area contributed by atoms with E-state index >= 15 is 0 Å². The number of aliphatic carboxylic acids is 1. The quantitative estimate of drug-likeness (QED) is 0.821. The first kappa shape index (κ1) is 15.9. The van der Waals surface area contributed by atoms with Crippen LogP contribution in [0.15, 0.2) is 24.3 Å². The average molecular weight is 309 g/mol. The van der Waals surface area contributed by atoms with Crippen molar-refractivity contribution in [2.24, 2.45) is 0 Å². The molecule has 0 saturated carbocycles. The van der Waals surface area contributed by atoms with Gasteiger partial charge in [0.2, 0.25) is 0 Å². The third-order valence-electron chi connectivity index (χ3n) is 3.75. The third kappa shape index (κ3) is 4.76. The van der Waals surface area contributed by atoms with E-state index in [1.165, 1.54) is 25.9 Å². The van der Waals surface area contributed by atoms with Gasteiger partial charge in [-0.15, -0.1) is 0 Å². The van der Waals surface area contributed by atoms with Crippen LogP contribution >= 0.6 is 11.6 Å².